The number of ketones is 1. The van der Waals surface area contributed by atoms with Gasteiger partial charge in [0.2, 0.25) is 0 Å². The number of rotatable bonds is 4. The Kier molecular flexibility index (Phi) is 8.19. The molecule has 1 aliphatic carbocycles. The van der Waals surface area contributed by atoms with Crippen LogP contribution in [-0.2, 0) is 0 Å². The number of pyridine rings is 1. The molecule has 0 spiro atoms. The van der Waals surface area contributed by atoms with Gasteiger partial charge in [0.15, 0.2) is 5.78 Å². The van der Waals surface area contributed by atoms with Crippen molar-refractivity contribution in [1.29, 1.82) is 0 Å². The fourth-order valence-electron chi connectivity index (χ4n) is 2.33. The van der Waals surface area contributed by atoms with E-state index in [1.54, 1.807) is 12.1 Å². The van der Waals surface area contributed by atoms with Crippen LogP contribution in [0.5, 0.6) is 0 Å². The minimum absolute atomic E-state index is 0. The van der Waals surface area contributed by atoms with Gasteiger partial charge in [0.1, 0.15) is 0 Å². The SMILES string of the molecule is C=C/C=C(\C=C)C(O)C1C(=O)c2ccncc2C1O.CC.O. The van der Waals surface area contributed by atoms with Gasteiger partial charge in [0.05, 0.1) is 18.1 Å². The summed E-state index contributed by atoms with van der Waals surface area (Å²) in [6, 6.07) is 1.55. The summed E-state index contributed by atoms with van der Waals surface area (Å²) in [6.45, 7) is 11.1. The van der Waals surface area contributed by atoms with Crippen LogP contribution in [0.15, 0.2) is 55.4 Å². The second-order valence-electron chi connectivity index (χ2n) is 4.35. The quantitative estimate of drug-likeness (QED) is 0.828. The highest BCUT2D eigenvalue weighted by molar-refractivity contribution is 6.03. The Bertz CT molecular complexity index is 566. The molecule has 1 aromatic rings. The molecule has 2 rings (SSSR count). The van der Waals surface area contributed by atoms with Crippen LogP contribution in [0.25, 0.3) is 0 Å². The maximum Gasteiger partial charge on any atom is 0.172 e. The molecule has 0 aliphatic heterocycles. The van der Waals surface area contributed by atoms with Crippen molar-refractivity contribution in [2.45, 2.75) is 26.1 Å². The van der Waals surface area contributed by atoms with Crippen molar-refractivity contribution in [3.05, 3.63) is 66.5 Å². The molecule has 0 aromatic carbocycles. The average molecular weight is 305 g/mol. The van der Waals surface area contributed by atoms with E-state index in [2.05, 4.69) is 18.1 Å². The largest absolute Gasteiger partial charge is 0.412 e. The topological polar surface area (TPSA) is 102 Å². The number of hydrogen-bond acceptors (Lipinski definition) is 4. The molecule has 0 amide bonds. The Morgan fingerprint density at radius 3 is 2.55 bits per heavy atom. The molecule has 4 N–H and O–H groups in total. The van der Waals surface area contributed by atoms with Gasteiger partial charge in [0, 0.05) is 23.5 Å². The molecule has 1 aromatic heterocycles. The molecular weight excluding hydrogens is 282 g/mol. The number of Topliss-reactive ketones (excluding diaryl/α,β-unsaturated/α-hetero) is 1. The molecule has 22 heavy (non-hydrogen) atoms. The highest BCUT2D eigenvalue weighted by Crippen LogP contribution is 2.39. The van der Waals surface area contributed by atoms with E-state index in [1.807, 2.05) is 13.8 Å². The highest BCUT2D eigenvalue weighted by atomic mass is 16.3. The van der Waals surface area contributed by atoms with Crippen LogP contribution >= 0.6 is 0 Å². The first-order chi connectivity index (χ1) is 10.1. The van der Waals surface area contributed by atoms with Gasteiger partial charge in [-0.25, -0.2) is 0 Å². The Labute approximate surface area is 130 Å². The Morgan fingerprint density at radius 2 is 2.05 bits per heavy atom. The fourth-order valence-corrected chi connectivity index (χ4v) is 2.33. The average Bonchev–Trinajstić information content (AvgIpc) is 2.78. The predicted molar refractivity (Wildman–Crippen MR) is 86.5 cm³/mol. The van der Waals surface area contributed by atoms with Gasteiger partial charge in [-0.1, -0.05) is 45.2 Å². The number of aliphatic hydroxyl groups is 2. The van der Waals surface area contributed by atoms with E-state index in [1.165, 1.54) is 24.5 Å². The van der Waals surface area contributed by atoms with E-state index in [0.717, 1.165) is 0 Å². The Hall–Kier alpha value is -2.08. The van der Waals surface area contributed by atoms with Gasteiger partial charge in [0.25, 0.3) is 0 Å². The van der Waals surface area contributed by atoms with Gasteiger partial charge in [-0.15, -0.1) is 0 Å². The van der Waals surface area contributed by atoms with Gasteiger partial charge in [-0.2, -0.15) is 0 Å². The molecule has 3 atom stereocenters. The number of fused-ring (bicyclic) bond motifs is 1. The van der Waals surface area contributed by atoms with E-state index >= 15 is 0 Å². The molecule has 120 valence electrons. The molecule has 5 heteroatoms. The van der Waals surface area contributed by atoms with Crippen molar-refractivity contribution in [3.63, 3.8) is 0 Å². The number of allylic oxidation sites excluding steroid dienone is 2. The van der Waals surface area contributed by atoms with E-state index in [0.29, 0.717) is 16.7 Å². The van der Waals surface area contributed by atoms with Crippen LogP contribution in [-0.4, -0.2) is 32.6 Å². The second-order valence-corrected chi connectivity index (χ2v) is 4.35. The lowest BCUT2D eigenvalue weighted by Crippen LogP contribution is -2.29. The lowest BCUT2D eigenvalue weighted by molar-refractivity contribution is 0.0374. The zero-order valence-electron chi connectivity index (χ0n) is 12.9. The molecule has 0 fully saturated rings. The molecule has 0 saturated carbocycles. The summed E-state index contributed by atoms with van der Waals surface area (Å²) in [5.74, 6) is -1.21. The summed E-state index contributed by atoms with van der Waals surface area (Å²) in [5, 5.41) is 20.5. The second kappa shape index (κ2) is 9.04. The first kappa shape index (κ1) is 19.9. The van der Waals surface area contributed by atoms with Crippen molar-refractivity contribution in [1.82, 2.24) is 4.98 Å². The minimum Gasteiger partial charge on any atom is -0.412 e. The monoisotopic (exact) mass is 305 g/mol. The third kappa shape index (κ3) is 3.57. The van der Waals surface area contributed by atoms with Gasteiger partial charge < -0.3 is 15.7 Å². The van der Waals surface area contributed by atoms with Crippen molar-refractivity contribution in [2.24, 2.45) is 5.92 Å². The van der Waals surface area contributed by atoms with Crippen LogP contribution in [0.2, 0.25) is 0 Å². The molecule has 1 heterocycles. The van der Waals surface area contributed by atoms with Crippen molar-refractivity contribution in [2.75, 3.05) is 0 Å². The summed E-state index contributed by atoms with van der Waals surface area (Å²) in [6.07, 6.45) is 5.29. The standard InChI is InChI=1S/C15H15NO3.C2H6.H2O/c1-3-5-9(4-2)13(17)12-14(18)10-6-7-16-8-11(10)15(12)19;1-2;/h3-8,12-13,15,17,19H,1-2H2;1-2H3;1H2/b9-5+;;. The smallest absolute Gasteiger partial charge is 0.172 e. The maximum atomic E-state index is 12.2. The van der Waals surface area contributed by atoms with Gasteiger partial charge >= 0.3 is 0 Å². The van der Waals surface area contributed by atoms with Crippen LogP contribution < -0.4 is 0 Å². The lowest BCUT2D eigenvalue weighted by atomic mass is 9.90. The lowest BCUT2D eigenvalue weighted by Gasteiger charge is -2.21. The zero-order valence-corrected chi connectivity index (χ0v) is 12.9. The zero-order chi connectivity index (χ0) is 16.0. The molecular formula is C17H23NO4. The highest BCUT2D eigenvalue weighted by Gasteiger charge is 2.43. The molecule has 0 radical (unpaired) electrons. The third-order valence-corrected chi connectivity index (χ3v) is 3.31. The van der Waals surface area contributed by atoms with Crippen molar-refractivity contribution in [3.8, 4) is 0 Å². The van der Waals surface area contributed by atoms with Crippen molar-refractivity contribution < 1.29 is 20.5 Å². The number of carbonyl (C=O) groups is 1. The van der Waals surface area contributed by atoms with E-state index in [-0.39, 0.29) is 11.3 Å². The maximum absolute atomic E-state index is 12.2. The molecule has 1 aliphatic rings. The van der Waals surface area contributed by atoms with Gasteiger partial charge in [-0.05, 0) is 11.6 Å². The Morgan fingerprint density at radius 1 is 1.41 bits per heavy atom. The first-order valence-electron chi connectivity index (χ1n) is 6.91. The van der Waals surface area contributed by atoms with Gasteiger partial charge in [-0.3, -0.25) is 9.78 Å². The van der Waals surface area contributed by atoms with E-state index in [9.17, 15) is 15.0 Å². The van der Waals surface area contributed by atoms with E-state index < -0.39 is 18.1 Å². The molecule has 0 saturated heterocycles. The van der Waals surface area contributed by atoms with Crippen LogP contribution in [0, 0.1) is 5.92 Å². The van der Waals surface area contributed by atoms with Crippen LogP contribution in [0.4, 0.5) is 0 Å². The summed E-state index contributed by atoms with van der Waals surface area (Å²) >= 11 is 0. The molecule has 3 unspecified atom stereocenters. The number of carbonyl (C=O) groups excluding carboxylic acids is 1. The Balaban J connectivity index is 0.00000141. The van der Waals surface area contributed by atoms with E-state index in [4.69, 9.17) is 0 Å². The summed E-state index contributed by atoms with van der Waals surface area (Å²) in [4.78, 5) is 16.1. The third-order valence-electron chi connectivity index (χ3n) is 3.31. The predicted octanol–water partition coefficient (Wildman–Crippen LogP) is 1.79. The van der Waals surface area contributed by atoms with Crippen molar-refractivity contribution >= 4 is 5.78 Å². The number of aliphatic hydroxyl groups excluding tert-OH is 2. The number of hydrogen-bond donors (Lipinski definition) is 2. The minimum atomic E-state index is -1.12. The summed E-state index contributed by atoms with van der Waals surface area (Å²) < 4.78 is 0. The summed E-state index contributed by atoms with van der Waals surface area (Å²) in [5.41, 5.74) is 1.32. The molecule has 0 bridgehead atoms. The first-order valence-corrected chi connectivity index (χ1v) is 6.91. The van der Waals surface area contributed by atoms with Crippen LogP contribution in [0.1, 0.15) is 35.9 Å². The number of nitrogens with zero attached hydrogens (tertiary/aromatic N) is 1. The normalized spacial score (nSPS) is 20.9. The van der Waals surface area contributed by atoms with Crippen LogP contribution in [0.3, 0.4) is 0 Å². The summed E-state index contributed by atoms with van der Waals surface area (Å²) in [7, 11) is 0. The number of aromatic nitrogens is 1. The molecule has 5 nitrogen and oxygen atoms in total. The fraction of sp³-hybridized carbons (Fsp3) is 0.294.